The number of carboxylic acid groups (broad SMARTS) is 1. The van der Waals surface area contributed by atoms with E-state index in [1.54, 1.807) is 18.2 Å². The number of carbonyl (C=O) groups excluding carboxylic acids is 1. The molecule has 1 aromatic carbocycles. The second-order valence-electron chi connectivity index (χ2n) is 3.58. The average Bonchev–Trinajstić information content (AvgIpc) is 2.59. The standard InChI is InChI=1S/C12H10O3/c1-7(12(14)15)8-2-4-10-9(6-8)3-5-11(10)13/h2,4,6H,1,3,5H2,(H,14,15). The molecule has 0 heterocycles. The summed E-state index contributed by atoms with van der Waals surface area (Å²) in [4.78, 5) is 22.0. The lowest BCUT2D eigenvalue weighted by Crippen LogP contribution is -1.99. The number of benzene rings is 1. The molecular weight excluding hydrogens is 192 g/mol. The molecule has 0 radical (unpaired) electrons. The van der Waals surface area contributed by atoms with Crippen molar-refractivity contribution in [3.63, 3.8) is 0 Å². The van der Waals surface area contributed by atoms with E-state index < -0.39 is 5.97 Å². The van der Waals surface area contributed by atoms with Crippen LogP contribution in [0.3, 0.4) is 0 Å². The zero-order valence-electron chi connectivity index (χ0n) is 8.12. The molecule has 0 aromatic heterocycles. The highest BCUT2D eigenvalue weighted by molar-refractivity contribution is 6.14. The van der Waals surface area contributed by atoms with E-state index in [4.69, 9.17) is 5.11 Å². The molecule has 0 saturated heterocycles. The Kier molecular flexibility index (Phi) is 2.15. The summed E-state index contributed by atoms with van der Waals surface area (Å²) in [5, 5.41) is 8.77. The monoisotopic (exact) mass is 202 g/mol. The first-order valence-corrected chi connectivity index (χ1v) is 4.68. The Morgan fingerprint density at radius 1 is 1.33 bits per heavy atom. The lowest BCUT2D eigenvalue weighted by molar-refractivity contribution is -0.130. The first-order valence-electron chi connectivity index (χ1n) is 4.68. The smallest absolute Gasteiger partial charge is 0.335 e. The molecule has 1 aromatic rings. The van der Waals surface area contributed by atoms with Gasteiger partial charge in [0.25, 0.3) is 0 Å². The second kappa shape index (κ2) is 3.35. The van der Waals surface area contributed by atoms with Crippen LogP contribution >= 0.6 is 0 Å². The van der Waals surface area contributed by atoms with Crippen LogP contribution in [0.2, 0.25) is 0 Å². The molecule has 0 spiro atoms. The fourth-order valence-corrected chi connectivity index (χ4v) is 1.77. The molecular formula is C12H10O3. The van der Waals surface area contributed by atoms with Gasteiger partial charge < -0.3 is 5.11 Å². The Labute approximate surface area is 87.0 Å². The minimum absolute atomic E-state index is 0.0668. The Bertz CT molecular complexity index is 472. The summed E-state index contributed by atoms with van der Waals surface area (Å²) in [5.41, 5.74) is 2.30. The predicted molar refractivity (Wildman–Crippen MR) is 55.8 cm³/mol. The average molecular weight is 202 g/mol. The minimum atomic E-state index is -1.03. The number of rotatable bonds is 2. The van der Waals surface area contributed by atoms with Crippen molar-refractivity contribution in [2.45, 2.75) is 12.8 Å². The maximum atomic E-state index is 11.3. The zero-order chi connectivity index (χ0) is 11.0. The molecule has 0 unspecified atom stereocenters. The van der Waals surface area contributed by atoms with Gasteiger partial charge in [0.15, 0.2) is 5.78 Å². The van der Waals surface area contributed by atoms with E-state index in [-0.39, 0.29) is 11.4 Å². The van der Waals surface area contributed by atoms with Crippen LogP contribution in [0.25, 0.3) is 5.57 Å². The maximum Gasteiger partial charge on any atom is 0.335 e. The summed E-state index contributed by atoms with van der Waals surface area (Å²) in [6.45, 7) is 3.48. The molecule has 1 N–H and O–H groups in total. The number of hydrogen-bond donors (Lipinski definition) is 1. The summed E-state index contributed by atoms with van der Waals surface area (Å²) in [6.07, 6.45) is 1.23. The van der Waals surface area contributed by atoms with Crippen molar-refractivity contribution in [2.24, 2.45) is 0 Å². The SMILES string of the molecule is C=C(C(=O)O)c1ccc2c(c1)CCC2=O. The van der Waals surface area contributed by atoms with Gasteiger partial charge in [0.2, 0.25) is 0 Å². The quantitative estimate of drug-likeness (QED) is 0.745. The predicted octanol–water partition coefficient (Wildman–Crippen LogP) is 1.91. The summed E-state index contributed by atoms with van der Waals surface area (Å²) in [5.74, 6) is -0.892. The van der Waals surface area contributed by atoms with Gasteiger partial charge in [-0.2, -0.15) is 0 Å². The van der Waals surface area contributed by atoms with E-state index >= 15 is 0 Å². The van der Waals surface area contributed by atoms with Gasteiger partial charge in [0.05, 0.1) is 5.57 Å². The molecule has 1 aliphatic rings. The van der Waals surface area contributed by atoms with Gasteiger partial charge in [-0.3, -0.25) is 4.79 Å². The third kappa shape index (κ3) is 1.56. The topological polar surface area (TPSA) is 54.4 Å². The van der Waals surface area contributed by atoms with Crippen LogP contribution in [-0.2, 0) is 11.2 Å². The lowest BCUT2D eigenvalue weighted by atomic mass is 10.0. The first kappa shape index (κ1) is 9.65. The summed E-state index contributed by atoms with van der Waals surface area (Å²) in [6, 6.07) is 5.07. The van der Waals surface area contributed by atoms with E-state index in [1.165, 1.54) is 0 Å². The van der Waals surface area contributed by atoms with Crippen LogP contribution < -0.4 is 0 Å². The van der Waals surface area contributed by atoms with E-state index in [2.05, 4.69) is 6.58 Å². The molecule has 0 aliphatic heterocycles. The number of carbonyl (C=O) groups is 2. The molecule has 0 bridgehead atoms. The second-order valence-corrected chi connectivity index (χ2v) is 3.58. The molecule has 76 valence electrons. The van der Waals surface area contributed by atoms with Crippen LogP contribution in [0.1, 0.15) is 27.9 Å². The summed E-state index contributed by atoms with van der Waals surface area (Å²) in [7, 11) is 0. The molecule has 15 heavy (non-hydrogen) atoms. The van der Waals surface area contributed by atoms with Crippen LogP contribution in [0, 0.1) is 0 Å². The Morgan fingerprint density at radius 3 is 2.73 bits per heavy atom. The van der Waals surface area contributed by atoms with E-state index in [1.807, 2.05) is 0 Å². The molecule has 0 fully saturated rings. The highest BCUT2D eigenvalue weighted by atomic mass is 16.4. The molecule has 0 amide bonds. The van der Waals surface area contributed by atoms with Gasteiger partial charge >= 0.3 is 5.97 Å². The van der Waals surface area contributed by atoms with Crippen LogP contribution in [0.5, 0.6) is 0 Å². The molecule has 0 atom stereocenters. The van der Waals surface area contributed by atoms with Crippen LogP contribution in [0.4, 0.5) is 0 Å². The van der Waals surface area contributed by atoms with Gasteiger partial charge in [-0.05, 0) is 17.5 Å². The van der Waals surface area contributed by atoms with Crippen molar-refractivity contribution in [2.75, 3.05) is 0 Å². The van der Waals surface area contributed by atoms with Crippen molar-refractivity contribution >= 4 is 17.3 Å². The third-order valence-electron chi connectivity index (χ3n) is 2.63. The molecule has 3 nitrogen and oxygen atoms in total. The zero-order valence-corrected chi connectivity index (χ0v) is 8.12. The summed E-state index contributed by atoms with van der Waals surface area (Å²) < 4.78 is 0. The molecule has 1 aliphatic carbocycles. The van der Waals surface area contributed by atoms with Crippen LogP contribution in [-0.4, -0.2) is 16.9 Å². The summed E-state index contributed by atoms with van der Waals surface area (Å²) >= 11 is 0. The van der Waals surface area contributed by atoms with Crippen molar-refractivity contribution in [3.05, 3.63) is 41.5 Å². The number of Topliss-reactive ketones (excluding diaryl/α,β-unsaturated/α-hetero) is 1. The lowest BCUT2D eigenvalue weighted by Gasteiger charge is -2.03. The largest absolute Gasteiger partial charge is 0.478 e. The Hall–Kier alpha value is -1.90. The Balaban J connectivity index is 2.43. The van der Waals surface area contributed by atoms with Gasteiger partial charge in [-0.25, -0.2) is 4.79 Å². The normalized spacial score (nSPS) is 13.7. The van der Waals surface area contributed by atoms with Crippen molar-refractivity contribution in [1.29, 1.82) is 0 Å². The highest BCUT2D eigenvalue weighted by Gasteiger charge is 2.20. The van der Waals surface area contributed by atoms with E-state index in [0.717, 1.165) is 11.1 Å². The van der Waals surface area contributed by atoms with Gasteiger partial charge in [-0.15, -0.1) is 0 Å². The highest BCUT2D eigenvalue weighted by Crippen LogP contribution is 2.25. The van der Waals surface area contributed by atoms with Crippen molar-refractivity contribution in [3.8, 4) is 0 Å². The van der Waals surface area contributed by atoms with Gasteiger partial charge in [0, 0.05) is 12.0 Å². The molecule has 0 saturated carbocycles. The number of carboxylic acids is 1. The Morgan fingerprint density at radius 2 is 2.07 bits per heavy atom. The van der Waals surface area contributed by atoms with Crippen molar-refractivity contribution < 1.29 is 14.7 Å². The van der Waals surface area contributed by atoms with Crippen LogP contribution in [0.15, 0.2) is 24.8 Å². The number of aliphatic carboxylic acids is 1. The fraction of sp³-hybridized carbons (Fsp3) is 0.167. The maximum absolute atomic E-state index is 11.3. The van der Waals surface area contributed by atoms with Crippen molar-refractivity contribution in [1.82, 2.24) is 0 Å². The van der Waals surface area contributed by atoms with E-state index in [0.29, 0.717) is 18.4 Å². The minimum Gasteiger partial charge on any atom is -0.478 e. The fourth-order valence-electron chi connectivity index (χ4n) is 1.77. The van der Waals surface area contributed by atoms with Gasteiger partial charge in [-0.1, -0.05) is 24.8 Å². The number of fused-ring (bicyclic) bond motifs is 1. The number of hydrogen-bond acceptors (Lipinski definition) is 2. The number of ketones is 1. The van der Waals surface area contributed by atoms with E-state index in [9.17, 15) is 9.59 Å². The molecule has 2 rings (SSSR count). The van der Waals surface area contributed by atoms with Gasteiger partial charge in [0.1, 0.15) is 0 Å². The number of aryl methyl sites for hydroxylation is 1. The first-order chi connectivity index (χ1) is 7.09. The molecule has 3 heteroatoms. The third-order valence-corrected chi connectivity index (χ3v) is 2.63.